The average molecular weight is 244 g/mol. The maximum absolute atomic E-state index is 12.1. The van der Waals surface area contributed by atoms with Crippen LogP contribution in [0.5, 0.6) is 0 Å². The number of aromatic nitrogens is 2. The van der Waals surface area contributed by atoms with Crippen LogP contribution in [0, 0.1) is 13.8 Å². The highest BCUT2D eigenvalue weighted by atomic mass is 35.5. The third kappa shape index (κ3) is 1.92. The van der Waals surface area contributed by atoms with E-state index >= 15 is 0 Å². The molecule has 1 amide bonds. The highest BCUT2D eigenvalue weighted by molar-refractivity contribution is 6.32. The van der Waals surface area contributed by atoms with Gasteiger partial charge in [-0.25, -0.2) is 4.79 Å². The minimum atomic E-state index is -0.129. The number of hydrogen-bond donors (Lipinski definition) is 0. The number of carbonyl (C=O) groups is 1. The molecule has 1 fully saturated rings. The van der Waals surface area contributed by atoms with E-state index in [0.29, 0.717) is 42.7 Å². The first-order valence-electron chi connectivity index (χ1n) is 5.20. The highest BCUT2D eigenvalue weighted by Gasteiger charge is 2.22. The van der Waals surface area contributed by atoms with Gasteiger partial charge in [0.1, 0.15) is 0 Å². The van der Waals surface area contributed by atoms with Gasteiger partial charge in [-0.1, -0.05) is 11.6 Å². The second-order valence-corrected chi connectivity index (χ2v) is 4.16. The number of carbonyl (C=O) groups excluding carboxylic acids is 1. The van der Waals surface area contributed by atoms with E-state index in [1.807, 2.05) is 0 Å². The maximum atomic E-state index is 12.1. The molecule has 1 aliphatic heterocycles. The molecule has 0 unspecified atom stereocenters. The number of hydrogen-bond acceptors (Lipinski definition) is 3. The van der Waals surface area contributed by atoms with Crippen LogP contribution in [0.25, 0.3) is 0 Å². The fourth-order valence-corrected chi connectivity index (χ4v) is 1.82. The van der Waals surface area contributed by atoms with Crippen molar-refractivity contribution < 1.29 is 9.53 Å². The molecule has 2 rings (SSSR count). The Balaban J connectivity index is 2.22. The molecule has 0 aromatic carbocycles. The molecule has 1 saturated heterocycles. The number of amides is 1. The number of nitrogens with zero attached hydrogens (tertiary/aromatic N) is 3. The van der Waals surface area contributed by atoms with Crippen LogP contribution < -0.4 is 0 Å². The summed E-state index contributed by atoms with van der Waals surface area (Å²) < 4.78 is 6.56. The van der Waals surface area contributed by atoms with Crippen molar-refractivity contribution in [2.75, 3.05) is 26.3 Å². The van der Waals surface area contributed by atoms with Gasteiger partial charge < -0.3 is 9.64 Å². The van der Waals surface area contributed by atoms with E-state index in [0.717, 1.165) is 0 Å². The second kappa shape index (κ2) is 4.43. The topological polar surface area (TPSA) is 47.4 Å². The van der Waals surface area contributed by atoms with E-state index in [-0.39, 0.29) is 6.03 Å². The van der Waals surface area contributed by atoms with Gasteiger partial charge in [-0.2, -0.15) is 9.78 Å². The van der Waals surface area contributed by atoms with Crippen molar-refractivity contribution in [1.29, 1.82) is 0 Å². The Hall–Kier alpha value is -1.07. The molecule has 0 N–H and O–H groups in total. The Morgan fingerprint density at radius 1 is 1.38 bits per heavy atom. The van der Waals surface area contributed by atoms with Gasteiger partial charge >= 0.3 is 6.03 Å². The molecular weight excluding hydrogens is 230 g/mol. The smallest absolute Gasteiger partial charge is 0.345 e. The van der Waals surface area contributed by atoms with Crippen molar-refractivity contribution in [2.24, 2.45) is 0 Å². The first kappa shape index (κ1) is 11.4. The molecule has 0 saturated carbocycles. The minimum Gasteiger partial charge on any atom is -0.378 e. The largest absolute Gasteiger partial charge is 0.378 e. The number of aryl methyl sites for hydroxylation is 1. The molecule has 1 aliphatic rings. The van der Waals surface area contributed by atoms with Gasteiger partial charge in [-0.15, -0.1) is 0 Å². The molecule has 16 heavy (non-hydrogen) atoms. The third-order valence-corrected chi connectivity index (χ3v) is 3.21. The van der Waals surface area contributed by atoms with Gasteiger partial charge in [0, 0.05) is 13.1 Å². The van der Waals surface area contributed by atoms with Crippen molar-refractivity contribution in [3.05, 3.63) is 16.4 Å². The summed E-state index contributed by atoms with van der Waals surface area (Å²) in [4.78, 5) is 13.8. The normalized spacial score (nSPS) is 16.6. The summed E-state index contributed by atoms with van der Waals surface area (Å²) in [6, 6.07) is -0.129. The first-order valence-corrected chi connectivity index (χ1v) is 5.58. The Kier molecular flexibility index (Phi) is 3.16. The monoisotopic (exact) mass is 243 g/mol. The molecule has 6 heteroatoms. The molecule has 0 aliphatic carbocycles. The molecule has 1 aromatic heterocycles. The van der Waals surface area contributed by atoms with E-state index in [9.17, 15) is 4.79 Å². The van der Waals surface area contributed by atoms with Crippen LogP contribution in [-0.4, -0.2) is 47.0 Å². The lowest BCUT2D eigenvalue weighted by Crippen LogP contribution is -2.43. The number of ether oxygens (including phenoxy) is 1. The Bertz CT molecular complexity index is 410. The first-order chi connectivity index (χ1) is 7.61. The summed E-state index contributed by atoms with van der Waals surface area (Å²) in [5.74, 6) is 0. The van der Waals surface area contributed by atoms with Gasteiger partial charge in [-0.3, -0.25) is 0 Å². The number of rotatable bonds is 0. The van der Waals surface area contributed by atoms with Crippen LogP contribution >= 0.6 is 11.6 Å². The van der Waals surface area contributed by atoms with Gasteiger partial charge in [0.2, 0.25) is 0 Å². The van der Waals surface area contributed by atoms with E-state index < -0.39 is 0 Å². The van der Waals surface area contributed by atoms with E-state index in [2.05, 4.69) is 5.10 Å². The fraction of sp³-hybridized carbons (Fsp3) is 0.600. The summed E-state index contributed by atoms with van der Waals surface area (Å²) in [7, 11) is 0. The Morgan fingerprint density at radius 3 is 2.50 bits per heavy atom. The summed E-state index contributed by atoms with van der Waals surface area (Å²) in [6.07, 6.45) is 0. The molecular formula is C10H14ClN3O2. The van der Waals surface area contributed by atoms with Crippen LogP contribution in [0.2, 0.25) is 5.02 Å². The Labute approximate surface area is 98.9 Å². The molecule has 1 aromatic rings. The summed E-state index contributed by atoms with van der Waals surface area (Å²) in [6.45, 7) is 5.96. The number of morpholine rings is 1. The molecule has 88 valence electrons. The van der Waals surface area contributed by atoms with Crippen LogP contribution in [0.1, 0.15) is 11.4 Å². The van der Waals surface area contributed by atoms with Gasteiger partial charge in [0.05, 0.1) is 29.6 Å². The lowest BCUT2D eigenvalue weighted by atomic mass is 10.4. The van der Waals surface area contributed by atoms with Crippen LogP contribution in [0.15, 0.2) is 0 Å². The fourth-order valence-electron chi connectivity index (χ4n) is 1.70. The molecule has 0 bridgehead atoms. The van der Waals surface area contributed by atoms with Crippen LogP contribution in [0.4, 0.5) is 4.79 Å². The summed E-state index contributed by atoms with van der Waals surface area (Å²) >= 11 is 6.00. The zero-order chi connectivity index (χ0) is 11.7. The third-order valence-electron chi connectivity index (χ3n) is 2.67. The summed E-state index contributed by atoms with van der Waals surface area (Å²) in [5.41, 5.74) is 1.37. The lowest BCUT2D eigenvalue weighted by Gasteiger charge is -2.26. The zero-order valence-corrected chi connectivity index (χ0v) is 10.1. The Morgan fingerprint density at radius 2 is 2.00 bits per heavy atom. The quantitative estimate of drug-likeness (QED) is 0.693. The van der Waals surface area contributed by atoms with Gasteiger partial charge in [-0.05, 0) is 13.8 Å². The van der Waals surface area contributed by atoms with Crippen molar-refractivity contribution in [2.45, 2.75) is 13.8 Å². The van der Waals surface area contributed by atoms with E-state index in [4.69, 9.17) is 16.3 Å². The predicted octanol–water partition coefficient (Wildman–Crippen LogP) is 1.45. The maximum Gasteiger partial charge on any atom is 0.345 e. The standard InChI is InChI=1S/C10H14ClN3O2/c1-7-9(11)8(2)14(12-7)10(15)13-3-5-16-6-4-13/h3-6H2,1-2H3. The zero-order valence-electron chi connectivity index (χ0n) is 9.36. The summed E-state index contributed by atoms with van der Waals surface area (Å²) in [5, 5.41) is 4.69. The molecule has 2 heterocycles. The predicted molar refractivity (Wildman–Crippen MR) is 59.9 cm³/mol. The van der Waals surface area contributed by atoms with Crippen molar-refractivity contribution in [3.63, 3.8) is 0 Å². The number of halogens is 1. The van der Waals surface area contributed by atoms with Crippen molar-refractivity contribution in [3.8, 4) is 0 Å². The van der Waals surface area contributed by atoms with Crippen molar-refractivity contribution in [1.82, 2.24) is 14.7 Å². The van der Waals surface area contributed by atoms with E-state index in [1.54, 1.807) is 18.7 Å². The molecule has 0 spiro atoms. The SMILES string of the molecule is Cc1nn(C(=O)N2CCOCC2)c(C)c1Cl. The molecule has 0 atom stereocenters. The molecule has 5 nitrogen and oxygen atoms in total. The van der Waals surface area contributed by atoms with Gasteiger partial charge in [0.15, 0.2) is 0 Å². The second-order valence-electron chi connectivity index (χ2n) is 3.78. The van der Waals surface area contributed by atoms with Crippen LogP contribution in [-0.2, 0) is 4.74 Å². The van der Waals surface area contributed by atoms with E-state index in [1.165, 1.54) is 4.68 Å². The average Bonchev–Trinajstić information content (AvgIpc) is 2.57. The lowest BCUT2D eigenvalue weighted by molar-refractivity contribution is 0.0527. The van der Waals surface area contributed by atoms with Gasteiger partial charge in [0.25, 0.3) is 0 Å². The molecule has 0 radical (unpaired) electrons. The minimum absolute atomic E-state index is 0.129. The van der Waals surface area contributed by atoms with Crippen LogP contribution in [0.3, 0.4) is 0 Å². The highest BCUT2D eigenvalue weighted by Crippen LogP contribution is 2.19. The van der Waals surface area contributed by atoms with Crippen molar-refractivity contribution >= 4 is 17.6 Å².